The zero-order chi connectivity index (χ0) is 17.9. The lowest BCUT2D eigenvalue weighted by molar-refractivity contribution is 0.531. The molecule has 0 saturated heterocycles. The highest BCUT2D eigenvalue weighted by Gasteiger charge is 2.28. The molecule has 0 saturated carbocycles. The maximum absolute atomic E-state index is 13.0. The maximum atomic E-state index is 13.0. The second-order valence-electron chi connectivity index (χ2n) is 6.71. The van der Waals surface area contributed by atoms with Crippen molar-refractivity contribution in [3.05, 3.63) is 54.0 Å². The number of anilines is 2. The van der Waals surface area contributed by atoms with E-state index in [1.54, 1.807) is 18.3 Å². The van der Waals surface area contributed by atoms with Gasteiger partial charge in [0, 0.05) is 30.3 Å². The van der Waals surface area contributed by atoms with Gasteiger partial charge in [0.25, 0.3) is 0 Å². The van der Waals surface area contributed by atoms with E-state index in [4.69, 9.17) is 0 Å². The summed E-state index contributed by atoms with van der Waals surface area (Å²) in [7, 11) is 1.88. The van der Waals surface area contributed by atoms with Gasteiger partial charge in [0.2, 0.25) is 0 Å². The molecule has 130 valence electrons. The summed E-state index contributed by atoms with van der Waals surface area (Å²) < 4.78 is 28.0. The Hall–Kier alpha value is -1.63. The number of pyridine rings is 1. The van der Waals surface area contributed by atoms with Crippen LogP contribution in [0.1, 0.15) is 39.3 Å². The van der Waals surface area contributed by atoms with E-state index in [2.05, 4.69) is 9.71 Å². The summed E-state index contributed by atoms with van der Waals surface area (Å²) in [5.74, 6) is 0.497. The molecular formula is C18H24FN3OS. The van der Waals surface area contributed by atoms with Crippen LogP contribution in [0.5, 0.6) is 0 Å². The van der Waals surface area contributed by atoms with E-state index < -0.39 is 11.4 Å². The molecule has 4 nitrogen and oxygen atoms in total. The van der Waals surface area contributed by atoms with Crippen LogP contribution in [-0.4, -0.2) is 21.3 Å². The molecule has 0 unspecified atom stereocenters. The van der Waals surface area contributed by atoms with Crippen molar-refractivity contribution in [2.75, 3.05) is 11.9 Å². The Morgan fingerprint density at radius 3 is 2.29 bits per heavy atom. The predicted molar refractivity (Wildman–Crippen MR) is 98.1 cm³/mol. The second-order valence-corrected chi connectivity index (χ2v) is 8.70. The minimum absolute atomic E-state index is 0.0669. The fourth-order valence-corrected chi connectivity index (χ4v) is 2.87. The highest BCUT2D eigenvalue weighted by molar-refractivity contribution is 7.90. The number of rotatable bonds is 5. The molecular weight excluding hydrogens is 325 g/mol. The summed E-state index contributed by atoms with van der Waals surface area (Å²) in [5.41, 5.74) is 1.82. The minimum Gasteiger partial charge on any atom is -0.598 e. The topological polar surface area (TPSA) is 51.2 Å². The number of nitrogens with one attached hydrogen (secondary N) is 1. The van der Waals surface area contributed by atoms with E-state index in [1.807, 2.05) is 51.8 Å². The molecule has 24 heavy (non-hydrogen) atoms. The van der Waals surface area contributed by atoms with Gasteiger partial charge in [-0.2, -0.15) is 0 Å². The van der Waals surface area contributed by atoms with Crippen LogP contribution in [0, 0.1) is 5.82 Å². The molecule has 2 aromatic rings. The van der Waals surface area contributed by atoms with Gasteiger partial charge in [-0.3, -0.25) is 0 Å². The first-order chi connectivity index (χ1) is 11.2. The van der Waals surface area contributed by atoms with Crippen molar-refractivity contribution in [2.24, 2.45) is 0 Å². The van der Waals surface area contributed by atoms with Crippen molar-refractivity contribution in [3.8, 4) is 0 Å². The molecule has 6 heteroatoms. The Kier molecular flexibility index (Phi) is 5.85. The Morgan fingerprint density at radius 1 is 1.17 bits per heavy atom. The first-order valence-electron chi connectivity index (χ1n) is 7.82. The van der Waals surface area contributed by atoms with Crippen molar-refractivity contribution in [1.82, 2.24) is 9.71 Å². The summed E-state index contributed by atoms with van der Waals surface area (Å²) in [4.78, 5) is 6.34. The third-order valence-electron chi connectivity index (χ3n) is 3.67. The van der Waals surface area contributed by atoms with E-state index in [0.29, 0.717) is 0 Å². The highest BCUT2D eigenvalue weighted by atomic mass is 32.2. The zero-order valence-electron chi connectivity index (χ0n) is 14.7. The largest absolute Gasteiger partial charge is 0.598 e. The molecule has 1 heterocycles. The summed E-state index contributed by atoms with van der Waals surface area (Å²) in [6, 6.07) is 10.1. The first kappa shape index (κ1) is 18.7. The molecule has 0 spiro atoms. The van der Waals surface area contributed by atoms with Crippen LogP contribution < -0.4 is 9.62 Å². The average Bonchev–Trinajstić information content (AvgIpc) is 2.54. The Bertz CT molecular complexity index is 655. The number of hydrogen-bond acceptors (Lipinski definition) is 4. The van der Waals surface area contributed by atoms with Crippen LogP contribution in [0.15, 0.2) is 42.6 Å². The van der Waals surface area contributed by atoms with Gasteiger partial charge in [0.15, 0.2) is 0 Å². The Balaban J connectivity index is 2.08. The normalized spacial score (nSPS) is 14.3. The molecule has 0 aliphatic rings. The molecule has 0 aliphatic heterocycles. The lowest BCUT2D eigenvalue weighted by Crippen LogP contribution is -2.40. The van der Waals surface area contributed by atoms with Crippen LogP contribution >= 0.6 is 0 Å². The minimum atomic E-state index is -1.14. The van der Waals surface area contributed by atoms with E-state index in [9.17, 15) is 8.94 Å². The summed E-state index contributed by atoms with van der Waals surface area (Å²) in [6.07, 6.45) is 1.77. The number of hydrogen-bond donors (Lipinski definition) is 1. The number of halogens is 1. The fraction of sp³-hybridized carbons (Fsp3) is 0.389. The smallest absolute Gasteiger partial charge is 0.136 e. The number of aromatic nitrogens is 1. The quantitative estimate of drug-likeness (QED) is 0.826. The van der Waals surface area contributed by atoms with E-state index in [0.717, 1.165) is 17.1 Å². The number of benzene rings is 1. The van der Waals surface area contributed by atoms with Gasteiger partial charge in [0.1, 0.15) is 16.4 Å². The van der Waals surface area contributed by atoms with E-state index >= 15 is 0 Å². The van der Waals surface area contributed by atoms with Crippen LogP contribution in [-0.2, 0) is 11.4 Å². The molecule has 1 N–H and O–H groups in total. The van der Waals surface area contributed by atoms with Crippen LogP contribution in [0.25, 0.3) is 0 Å². The lowest BCUT2D eigenvalue weighted by atomic mass is 10.1. The molecule has 0 bridgehead atoms. The van der Waals surface area contributed by atoms with Crippen LogP contribution in [0.3, 0.4) is 0 Å². The maximum Gasteiger partial charge on any atom is 0.136 e. The molecule has 0 amide bonds. The van der Waals surface area contributed by atoms with Crippen molar-refractivity contribution in [3.63, 3.8) is 0 Å². The van der Waals surface area contributed by atoms with Gasteiger partial charge in [-0.1, -0.05) is 6.07 Å². The van der Waals surface area contributed by atoms with E-state index in [-0.39, 0.29) is 16.6 Å². The van der Waals surface area contributed by atoms with Crippen molar-refractivity contribution in [2.45, 2.75) is 38.5 Å². The number of nitrogens with zero attached hydrogens (tertiary/aromatic N) is 2. The van der Waals surface area contributed by atoms with Gasteiger partial charge >= 0.3 is 0 Å². The van der Waals surface area contributed by atoms with Crippen LogP contribution in [0.2, 0.25) is 0 Å². The summed E-state index contributed by atoms with van der Waals surface area (Å²) in [5, 5.41) is 0. The van der Waals surface area contributed by atoms with E-state index in [1.165, 1.54) is 12.1 Å². The molecule has 0 radical (unpaired) electrons. The zero-order valence-corrected chi connectivity index (χ0v) is 15.5. The van der Waals surface area contributed by atoms with Crippen LogP contribution in [0.4, 0.5) is 15.9 Å². The third kappa shape index (κ3) is 4.69. The van der Waals surface area contributed by atoms with Crippen molar-refractivity contribution in [1.29, 1.82) is 0 Å². The highest BCUT2D eigenvalue weighted by Crippen LogP contribution is 2.24. The van der Waals surface area contributed by atoms with Crippen molar-refractivity contribution >= 4 is 22.9 Å². The fourth-order valence-electron chi connectivity index (χ4n) is 2.05. The molecule has 2 atom stereocenters. The summed E-state index contributed by atoms with van der Waals surface area (Å²) >= 11 is -1.14. The predicted octanol–water partition coefficient (Wildman–Crippen LogP) is 4.10. The lowest BCUT2D eigenvalue weighted by Gasteiger charge is -2.26. The molecule has 0 aliphatic carbocycles. The van der Waals surface area contributed by atoms with Gasteiger partial charge in [-0.15, -0.1) is 4.72 Å². The first-order valence-corrected chi connectivity index (χ1v) is 8.97. The second kappa shape index (κ2) is 7.51. The SMILES string of the molecule is C[C@H](N[S@+]([O-])C(C)(C)C)c1ccc(N(C)c2ccc(F)cc2)nc1. The van der Waals surface area contributed by atoms with Gasteiger partial charge in [-0.05, 0) is 63.6 Å². The monoisotopic (exact) mass is 349 g/mol. The van der Waals surface area contributed by atoms with Crippen molar-refractivity contribution < 1.29 is 8.94 Å². The molecule has 1 aromatic carbocycles. The Labute approximate surface area is 146 Å². The molecule has 2 rings (SSSR count). The molecule has 0 fully saturated rings. The molecule has 1 aromatic heterocycles. The van der Waals surface area contributed by atoms with Gasteiger partial charge in [-0.25, -0.2) is 9.37 Å². The Morgan fingerprint density at radius 2 is 1.79 bits per heavy atom. The average molecular weight is 349 g/mol. The standard InChI is InChI=1S/C18H24FN3OS/c1-13(21-24(23)18(2,3)4)14-6-11-17(20-12-14)22(5)16-9-7-15(19)8-10-16/h6-13,21H,1-5H3/t13-,24+/m0/s1. The van der Waals surface area contributed by atoms with Gasteiger partial charge < -0.3 is 9.45 Å². The van der Waals surface area contributed by atoms with Gasteiger partial charge in [0.05, 0.1) is 6.04 Å². The third-order valence-corrected chi connectivity index (χ3v) is 5.35. The summed E-state index contributed by atoms with van der Waals surface area (Å²) in [6.45, 7) is 7.76.